The maximum absolute atomic E-state index is 11.1. The Hall–Kier alpha value is -1.36. The van der Waals surface area contributed by atoms with Gasteiger partial charge >= 0.3 is 0 Å². The molecule has 0 aliphatic carbocycles. The standard InChI is InChI=1S/C9H13N3O2/c10-9(13)8-5-11-6-12(8)7-1-3-14-4-2-7/h5-7H,1-4H2,(H2,10,13). The lowest BCUT2D eigenvalue weighted by molar-refractivity contribution is 0.0680. The normalized spacial score (nSPS) is 18.3. The van der Waals surface area contributed by atoms with Crippen LogP contribution >= 0.6 is 0 Å². The average molecular weight is 195 g/mol. The molecule has 2 N–H and O–H groups in total. The highest BCUT2D eigenvalue weighted by Gasteiger charge is 2.19. The van der Waals surface area contributed by atoms with Crippen molar-refractivity contribution in [2.24, 2.45) is 5.73 Å². The lowest BCUT2D eigenvalue weighted by atomic mass is 10.1. The quantitative estimate of drug-likeness (QED) is 0.739. The summed E-state index contributed by atoms with van der Waals surface area (Å²) >= 11 is 0. The SMILES string of the molecule is NC(=O)c1cncn1C1CCOCC1. The zero-order chi connectivity index (χ0) is 9.97. The molecule has 2 rings (SSSR count). The second kappa shape index (κ2) is 3.79. The number of imidazole rings is 1. The Morgan fingerprint density at radius 3 is 2.93 bits per heavy atom. The van der Waals surface area contributed by atoms with Crippen molar-refractivity contribution in [3.05, 3.63) is 18.2 Å². The van der Waals surface area contributed by atoms with Crippen molar-refractivity contribution in [3.8, 4) is 0 Å². The molecule has 0 radical (unpaired) electrons. The number of primary amides is 1. The first-order valence-corrected chi connectivity index (χ1v) is 4.68. The van der Waals surface area contributed by atoms with Crippen molar-refractivity contribution in [3.63, 3.8) is 0 Å². The van der Waals surface area contributed by atoms with Crippen LogP contribution in [-0.2, 0) is 4.74 Å². The lowest BCUT2D eigenvalue weighted by Crippen LogP contribution is -2.24. The number of amides is 1. The van der Waals surface area contributed by atoms with Crippen LogP contribution in [-0.4, -0.2) is 28.7 Å². The molecule has 5 heteroatoms. The van der Waals surface area contributed by atoms with Gasteiger partial charge in [0, 0.05) is 19.3 Å². The number of carbonyl (C=O) groups excluding carboxylic acids is 1. The number of aromatic nitrogens is 2. The van der Waals surface area contributed by atoms with Gasteiger partial charge in [0.2, 0.25) is 0 Å². The maximum Gasteiger partial charge on any atom is 0.266 e. The molecular formula is C9H13N3O2. The number of hydrogen-bond acceptors (Lipinski definition) is 3. The number of ether oxygens (including phenoxy) is 1. The molecule has 0 unspecified atom stereocenters. The average Bonchev–Trinajstić information content (AvgIpc) is 2.67. The third kappa shape index (κ3) is 1.63. The Kier molecular flexibility index (Phi) is 2.49. The molecule has 0 aromatic carbocycles. The van der Waals surface area contributed by atoms with Gasteiger partial charge in [0.25, 0.3) is 5.91 Å². The summed E-state index contributed by atoms with van der Waals surface area (Å²) in [7, 11) is 0. The van der Waals surface area contributed by atoms with Gasteiger partial charge in [-0.15, -0.1) is 0 Å². The first kappa shape index (κ1) is 9.21. The molecule has 0 bridgehead atoms. The maximum atomic E-state index is 11.1. The number of rotatable bonds is 2. The summed E-state index contributed by atoms with van der Waals surface area (Å²) in [6.45, 7) is 1.47. The van der Waals surface area contributed by atoms with Crippen LogP contribution in [0.3, 0.4) is 0 Å². The van der Waals surface area contributed by atoms with Gasteiger partial charge in [-0.2, -0.15) is 0 Å². The van der Waals surface area contributed by atoms with Crippen molar-refractivity contribution < 1.29 is 9.53 Å². The lowest BCUT2D eigenvalue weighted by Gasteiger charge is -2.24. The second-order valence-electron chi connectivity index (χ2n) is 3.39. The van der Waals surface area contributed by atoms with Gasteiger partial charge in [0.1, 0.15) is 5.69 Å². The van der Waals surface area contributed by atoms with Crippen molar-refractivity contribution in [2.45, 2.75) is 18.9 Å². The van der Waals surface area contributed by atoms with E-state index >= 15 is 0 Å². The molecule has 5 nitrogen and oxygen atoms in total. The molecule has 1 aliphatic rings. The highest BCUT2D eigenvalue weighted by atomic mass is 16.5. The number of nitrogens with two attached hydrogens (primary N) is 1. The van der Waals surface area contributed by atoms with E-state index in [0.717, 1.165) is 26.1 Å². The van der Waals surface area contributed by atoms with Gasteiger partial charge in [-0.05, 0) is 12.8 Å². The Morgan fingerprint density at radius 1 is 1.57 bits per heavy atom. The molecule has 1 amide bonds. The fourth-order valence-electron chi connectivity index (χ4n) is 1.75. The largest absolute Gasteiger partial charge is 0.381 e. The van der Waals surface area contributed by atoms with E-state index in [1.54, 1.807) is 6.33 Å². The molecule has 76 valence electrons. The van der Waals surface area contributed by atoms with Gasteiger partial charge in [-0.25, -0.2) is 4.98 Å². The van der Waals surface area contributed by atoms with Gasteiger partial charge in [-0.3, -0.25) is 4.79 Å². The van der Waals surface area contributed by atoms with E-state index < -0.39 is 5.91 Å². The monoisotopic (exact) mass is 195 g/mol. The van der Waals surface area contributed by atoms with Crippen LogP contribution in [0.25, 0.3) is 0 Å². The third-order valence-corrected chi connectivity index (χ3v) is 2.50. The summed E-state index contributed by atoms with van der Waals surface area (Å²) in [5, 5.41) is 0. The van der Waals surface area contributed by atoms with Gasteiger partial charge < -0.3 is 15.0 Å². The predicted octanol–water partition coefficient (Wildman–Crippen LogP) is 0.333. The molecular weight excluding hydrogens is 182 g/mol. The third-order valence-electron chi connectivity index (χ3n) is 2.50. The Morgan fingerprint density at radius 2 is 2.29 bits per heavy atom. The predicted molar refractivity (Wildman–Crippen MR) is 49.8 cm³/mol. The van der Waals surface area contributed by atoms with Crippen LogP contribution in [0.15, 0.2) is 12.5 Å². The molecule has 1 aliphatic heterocycles. The molecule has 0 saturated carbocycles. The summed E-state index contributed by atoms with van der Waals surface area (Å²) in [6, 6.07) is 0.300. The molecule has 1 saturated heterocycles. The van der Waals surface area contributed by atoms with Crippen LogP contribution in [0.2, 0.25) is 0 Å². The summed E-state index contributed by atoms with van der Waals surface area (Å²) < 4.78 is 7.10. The van der Waals surface area contributed by atoms with Crippen molar-refractivity contribution >= 4 is 5.91 Å². The smallest absolute Gasteiger partial charge is 0.266 e. The zero-order valence-corrected chi connectivity index (χ0v) is 7.85. The fraction of sp³-hybridized carbons (Fsp3) is 0.556. The molecule has 0 spiro atoms. The van der Waals surface area contributed by atoms with Crippen LogP contribution in [0.4, 0.5) is 0 Å². The van der Waals surface area contributed by atoms with Gasteiger partial charge in [0.05, 0.1) is 12.5 Å². The Bertz CT molecular complexity index is 329. The highest BCUT2D eigenvalue weighted by molar-refractivity contribution is 5.90. The summed E-state index contributed by atoms with van der Waals surface area (Å²) in [4.78, 5) is 15.0. The van der Waals surface area contributed by atoms with Crippen molar-refractivity contribution in [1.82, 2.24) is 9.55 Å². The minimum Gasteiger partial charge on any atom is -0.381 e. The van der Waals surface area contributed by atoms with Crippen molar-refractivity contribution in [1.29, 1.82) is 0 Å². The summed E-state index contributed by atoms with van der Waals surface area (Å²) in [6.07, 6.45) is 5.00. The van der Waals surface area contributed by atoms with Crippen LogP contribution < -0.4 is 5.73 Å². The number of carbonyl (C=O) groups is 1. The van der Waals surface area contributed by atoms with Crippen molar-refractivity contribution in [2.75, 3.05) is 13.2 Å². The van der Waals surface area contributed by atoms with Crippen LogP contribution in [0, 0.1) is 0 Å². The summed E-state index contributed by atoms with van der Waals surface area (Å²) in [5.41, 5.74) is 5.72. The van der Waals surface area contributed by atoms with E-state index in [2.05, 4.69) is 4.98 Å². The van der Waals surface area contributed by atoms with Gasteiger partial charge in [0.15, 0.2) is 0 Å². The summed E-state index contributed by atoms with van der Waals surface area (Å²) in [5.74, 6) is -0.422. The first-order chi connectivity index (χ1) is 6.79. The van der Waals surface area contributed by atoms with E-state index in [-0.39, 0.29) is 0 Å². The highest BCUT2D eigenvalue weighted by Crippen LogP contribution is 2.21. The van der Waals surface area contributed by atoms with E-state index in [1.165, 1.54) is 6.20 Å². The molecule has 1 aromatic rings. The Labute approximate surface area is 81.9 Å². The first-order valence-electron chi connectivity index (χ1n) is 4.68. The van der Waals surface area contributed by atoms with E-state index in [9.17, 15) is 4.79 Å². The van der Waals surface area contributed by atoms with Crippen LogP contribution in [0.5, 0.6) is 0 Å². The van der Waals surface area contributed by atoms with E-state index in [1.807, 2.05) is 4.57 Å². The van der Waals surface area contributed by atoms with E-state index in [0.29, 0.717) is 11.7 Å². The minimum absolute atomic E-state index is 0.300. The molecule has 1 fully saturated rings. The van der Waals surface area contributed by atoms with Gasteiger partial charge in [-0.1, -0.05) is 0 Å². The second-order valence-corrected chi connectivity index (χ2v) is 3.39. The Balaban J connectivity index is 2.21. The fourth-order valence-corrected chi connectivity index (χ4v) is 1.75. The molecule has 14 heavy (non-hydrogen) atoms. The molecule has 0 atom stereocenters. The van der Waals surface area contributed by atoms with E-state index in [4.69, 9.17) is 10.5 Å². The number of hydrogen-bond donors (Lipinski definition) is 1. The van der Waals surface area contributed by atoms with Crippen LogP contribution in [0.1, 0.15) is 29.4 Å². The molecule has 2 heterocycles. The number of nitrogens with zero attached hydrogens (tertiary/aromatic N) is 2. The topological polar surface area (TPSA) is 70.1 Å². The zero-order valence-electron chi connectivity index (χ0n) is 7.85. The minimum atomic E-state index is -0.422. The molecule has 1 aromatic heterocycles.